The fourth-order valence-electron chi connectivity index (χ4n) is 4.12. The molecule has 0 saturated heterocycles. The van der Waals surface area contributed by atoms with E-state index in [2.05, 4.69) is 29.6 Å². The molecule has 0 aromatic heterocycles. The van der Waals surface area contributed by atoms with Crippen LogP contribution in [-0.4, -0.2) is 53.7 Å². The average molecular weight is 439 g/mol. The topological polar surface area (TPSA) is 95.9 Å². The van der Waals surface area contributed by atoms with Gasteiger partial charge in [-0.05, 0) is 35.6 Å². The van der Waals surface area contributed by atoms with Crippen LogP contribution in [-0.2, 0) is 14.3 Å². The second-order valence-corrected chi connectivity index (χ2v) is 8.18. The number of nitrogens with zero attached hydrogens (tertiary/aromatic N) is 1. The number of ether oxygens (including phenoxy) is 1. The van der Waals surface area contributed by atoms with Crippen LogP contribution in [0, 0.1) is 0 Å². The first-order valence-electron chi connectivity index (χ1n) is 10.9. The average Bonchev–Trinajstić information content (AvgIpc) is 3.10. The third-order valence-corrected chi connectivity index (χ3v) is 6.06. The summed E-state index contributed by atoms with van der Waals surface area (Å²) in [4.78, 5) is 37.3. The van der Waals surface area contributed by atoms with E-state index in [0.29, 0.717) is 6.42 Å². The second kappa shape index (κ2) is 10.3. The lowest BCUT2D eigenvalue weighted by Gasteiger charge is -2.25. The van der Waals surface area contributed by atoms with Crippen molar-refractivity contribution in [1.82, 2.24) is 10.2 Å². The highest BCUT2D eigenvalue weighted by Crippen LogP contribution is 2.44. The lowest BCUT2D eigenvalue weighted by Crippen LogP contribution is -2.44. The van der Waals surface area contributed by atoms with Crippen molar-refractivity contribution < 1.29 is 24.2 Å². The van der Waals surface area contributed by atoms with Gasteiger partial charge in [-0.3, -0.25) is 4.79 Å². The van der Waals surface area contributed by atoms with E-state index in [1.807, 2.05) is 31.2 Å². The van der Waals surface area contributed by atoms with Crippen LogP contribution in [0.3, 0.4) is 0 Å². The van der Waals surface area contributed by atoms with E-state index in [4.69, 9.17) is 9.84 Å². The molecule has 0 heterocycles. The zero-order valence-corrected chi connectivity index (χ0v) is 18.7. The molecule has 0 bridgehead atoms. The molecule has 2 atom stereocenters. The van der Waals surface area contributed by atoms with Gasteiger partial charge in [-0.1, -0.05) is 61.9 Å². The van der Waals surface area contributed by atoms with Gasteiger partial charge in [0, 0.05) is 25.4 Å². The Hall–Kier alpha value is -3.35. The highest BCUT2D eigenvalue weighted by molar-refractivity contribution is 5.84. The standard InChI is InChI=1S/C25H30N2O5/c1-4-9-17(14-23(28)27(3)16(2)24(29)30)26-25(31)32-15-22-20-12-7-5-10-18(20)19-11-6-8-13-21(19)22/h5-8,10-13,16-17,22H,4,9,14-15H2,1-3H3,(H,26,31)(H,29,30)/t16-,17-/m0/s1. The number of hydrogen-bond acceptors (Lipinski definition) is 4. The molecule has 7 heteroatoms. The van der Waals surface area contributed by atoms with E-state index in [1.165, 1.54) is 18.9 Å². The molecule has 0 fully saturated rings. The summed E-state index contributed by atoms with van der Waals surface area (Å²) in [6.07, 6.45) is 0.795. The van der Waals surface area contributed by atoms with Crippen molar-refractivity contribution in [1.29, 1.82) is 0 Å². The summed E-state index contributed by atoms with van der Waals surface area (Å²) in [5.74, 6) is -1.45. The van der Waals surface area contributed by atoms with Crippen LogP contribution >= 0.6 is 0 Å². The van der Waals surface area contributed by atoms with Crippen molar-refractivity contribution in [3.8, 4) is 11.1 Å². The third kappa shape index (κ3) is 5.10. The predicted octanol–water partition coefficient (Wildman–Crippen LogP) is 4.02. The number of carbonyl (C=O) groups is 3. The molecule has 2 amide bonds. The molecule has 7 nitrogen and oxygen atoms in total. The molecule has 0 radical (unpaired) electrons. The van der Waals surface area contributed by atoms with E-state index in [9.17, 15) is 14.4 Å². The summed E-state index contributed by atoms with van der Waals surface area (Å²) in [5, 5.41) is 11.9. The highest BCUT2D eigenvalue weighted by atomic mass is 16.5. The second-order valence-electron chi connectivity index (χ2n) is 8.18. The first-order valence-corrected chi connectivity index (χ1v) is 10.9. The van der Waals surface area contributed by atoms with Crippen molar-refractivity contribution in [2.45, 2.75) is 51.1 Å². The zero-order chi connectivity index (χ0) is 23.3. The Kier molecular flexibility index (Phi) is 7.51. The van der Waals surface area contributed by atoms with Gasteiger partial charge in [0.2, 0.25) is 5.91 Å². The molecule has 2 N–H and O–H groups in total. The quantitative estimate of drug-likeness (QED) is 0.617. The lowest BCUT2D eigenvalue weighted by molar-refractivity contribution is -0.148. The molecule has 0 unspecified atom stereocenters. The monoisotopic (exact) mass is 438 g/mol. The molecule has 2 aromatic carbocycles. The van der Waals surface area contributed by atoms with Crippen LogP contribution in [0.15, 0.2) is 48.5 Å². The number of amides is 2. The van der Waals surface area contributed by atoms with Crippen LogP contribution in [0.25, 0.3) is 11.1 Å². The summed E-state index contributed by atoms with van der Waals surface area (Å²) in [6.45, 7) is 3.61. The minimum atomic E-state index is -1.07. The van der Waals surface area contributed by atoms with Gasteiger partial charge in [0.25, 0.3) is 0 Å². The Morgan fingerprint density at radius 2 is 1.62 bits per heavy atom. The van der Waals surface area contributed by atoms with E-state index >= 15 is 0 Å². The smallest absolute Gasteiger partial charge is 0.407 e. The maximum Gasteiger partial charge on any atom is 0.407 e. The number of nitrogens with one attached hydrogen (secondary N) is 1. The van der Waals surface area contributed by atoms with Gasteiger partial charge in [0.15, 0.2) is 0 Å². The molecular weight excluding hydrogens is 408 g/mol. The largest absolute Gasteiger partial charge is 0.480 e. The molecule has 170 valence electrons. The van der Waals surface area contributed by atoms with Crippen molar-refractivity contribution in [2.75, 3.05) is 13.7 Å². The summed E-state index contributed by atoms with van der Waals surface area (Å²) in [6, 6.07) is 14.9. The minimum Gasteiger partial charge on any atom is -0.480 e. The number of aliphatic carboxylic acids is 1. The van der Waals surface area contributed by atoms with Gasteiger partial charge in [0.05, 0.1) is 0 Å². The van der Waals surface area contributed by atoms with Crippen molar-refractivity contribution in [3.63, 3.8) is 0 Å². The SMILES string of the molecule is CCC[C@@H](CC(=O)N(C)[C@@H](C)C(=O)O)NC(=O)OCC1c2ccccc2-c2ccccc21. The molecule has 0 aliphatic heterocycles. The van der Waals surface area contributed by atoms with Crippen LogP contribution < -0.4 is 5.32 Å². The Morgan fingerprint density at radius 3 is 2.16 bits per heavy atom. The van der Waals surface area contributed by atoms with Crippen LogP contribution in [0.4, 0.5) is 4.79 Å². The van der Waals surface area contributed by atoms with E-state index in [1.54, 1.807) is 0 Å². The van der Waals surface area contributed by atoms with Crippen LogP contribution in [0.1, 0.15) is 50.2 Å². The number of hydrogen-bond donors (Lipinski definition) is 2. The maximum absolute atomic E-state index is 12.6. The van der Waals surface area contributed by atoms with Crippen molar-refractivity contribution >= 4 is 18.0 Å². The maximum atomic E-state index is 12.6. The predicted molar refractivity (Wildman–Crippen MR) is 121 cm³/mol. The van der Waals surface area contributed by atoms with Crippen LogP contribution in [0.2, 0.25) is 0 Å². The molecule has 0 spiro atoms. The Labute approximate surface area is 188 Å². The zero-order valence-electron chi connectivity index (χ0n) is 18.7. The highest BCUT2D eigenvalue weighted by Gasteiger charge is 2.30. The number of rotatable bonds is 9. The minimum absolute atomic E-state index is 0.0200. The first-order chi connectivity index (χ1) is 15.3. The lowest BCUT2D eigenvalue weighted by atomic mass is 9.98. The van der Waals surface area contributed by atoms with Gasteiger partial charge in [-0.25, -0.2) is 9.59 Å². The normalized spacial score (nSPS) is 14.1. The summed E-state index contributed by atoms with van der Waals surface area (Å²) < 4.78 is 5.58. The number of carboxylic acids is 1. The fraction of sp³-hybridized carbons (Fsp3) is 0.400. The summed E-state index contributed by atoms with van der Waals surface area (Å²) in [7, 11) is 1.46. The molecule has 1 aliphatic carbocycles. The van der Waals surface area contributed by atoms with Gasteiger partial charge >= 0.3 is 12.1 Å². The Bertz CT molecular complexity index is 944. The van der Waals surface area contributed by atoms with Gasteiger partial charge in [-0.15, -0.1) is 0 Å². The Balaban J connectivity index is 1.62. The summed E-state index contributed by atoms with van der Waals surface area (Å²) in [5.41, 5.74) is 4.57. The number of carbonyl (C=O) groups excluding carboxylic acids is 2. The van der Waals surface area contributed by atoms with Gasteiger partial charge < -0.3 is 20.1 Å². The third-order valence-electron chi connectivity index (χ3n) is 6.06. The fourth-order valence-corrected chi connectivity index (χ4v) is 4.12. The molecule has 1 aliphatic rings. The number of fused-ring (bicyclic) bond motifs is 3. The molecule has 2 aromatic rings. The van der Waals surface area contributed by atoms with E-state index in [0.717, 1.165) is 28.7 Å². The van der Waals surface area contributed by atoms with Crippen LogP contribution in [0.5, 0.6) is 0 Å². The number of likely N-dealkylation sites (N-methyl/N-ethyl adjacent to an activating group) is 1. The first kappa shape index (κ1) is 23.3. The molecule has 3 rings (SSSR count). The Morgan fingerprint density at radius 1 is 1.06 bits per heavy atom. The number of alkyl carbamates (subject to hydrolysis) is 1. The van der Waals surface area contributed by atoms with E-state index < -0.39 is 24.1 Å². The molecular formula is C25H30N2O5. The van der Waals surface area contributed by atoms with E-state index in [-0.39, 0.29) is 24.9 Å². The van der Waals surface area contributed by atoms with Crippen molar-refractivity contribution in [2.24, 2.45) is 0 Å². The molecule has 32 heavy (non-hydrogen) atoms. The van der Waals surface area contributed by atoms with Gasteiger partial charge in [-0.2, -0.15) is 0 Å². The number of benzene rings is 2. The number of carboxylic acid groups (broad SMARTS) is 1. The van der Waals surface area contributed by atoms with Crippen molar-refractivity contribution in [3.05, 3.63) is 59.7 Å². The molecule has 0 saturated carbocycles. The van der Waals surface area contributed by atoms with Gasteiger partial charge in [0.1, 0.15) is 12.6 Å². The summed E-state index contributed by atoms with van der Waals surface area (Å²) >= 11 is 0.